The lowest BCUT2D eigenvalue weighted by Gasteiger charge is -2.40. The van der Waals surface area contributed by atoms with Crippen LogP contribution in [0.15, 0.2) is 30.3 Å². The number of morpholine rings is 1. The first kappa shape index (κ1) is 17.5. The Hall–Kier alpha value is -1.96. The molecule has 3 aliphatic rings. The van der Waals surface area contributed by atoms with E-state index in [1.54, 1.807) is 5.01 Å². The number of piperidine rings is 1. The molecule has 2 amide bonds. The molecule has 3 aliphatic heterocycles. The third-order valence-corrected chi connectivity index (χ3v) is 5.69. The molecular weight excluding hydrogens is 332 g/mol. The number of carbonyl (C=O) groups is 2. The lowest BCUT2D eigenvalue weighted by atomic mass is 9.83. The number of amides is 2. The zero-order valence-corrected chi connectivity index (χ0v) is 15.1. The van der Waals surface area contributed by atoms with Crippen molar-refractivity contribution in [3.63, 3.8) is 0 Å². The molecule has 0 aromatic heterocycles. The number of nitrogens with zero attached hydrogens (tertiary/aromatic N) is 3. The molecule has 0 bridgehead atoms. The molecule has 3 unspecified atom stereocenters. The number of nitrogens with one attached hydrogen (secondary N) is 1. The van der Waals surface area contributed by atoms with Gasteiger partial charge in [-0.3, -0.25) is 9.59 Å². The highest BCUT2D eigenvalue weighted by Gasteiger charge is 2.51. The molecule has 4 rings (SSSR count). The first-order chi connectivity index (χ1) is 12.7. The first-order valence-electron chi connectivity index (χ1n) is 9.43. The Kier molecular flexibility index (Phi) is 4.93. The van der Waals surface area contributed by atoms with Crippen molar-refractivity contribution in [3.8, 4) is 0 Å². The summed E-state index contributed by atoms with van der Waals surface area (Å²) >= 11 is 0. The summed E-state index contributed by atoms with van der Waals surface area (Å²) in [5, 5.41) is 1.63. The number of hydrogen-bond donors (Lipinski definition) is 1. The number of para-hydroxylation sites is 1. The van der Waals surface area contributed by atoms with E-state index >= 15 is 0 Å². The third kappa shape index (κ3) is 3.11. The van der Waals surface area contributed by atoms with E-state index < -0.39 is 0 Å². The maximum absolute atomic E-state index is 13.2. The highest BCUT2D eigenvalue weighted by molar-refractivity contribution is 5.98. The Balaban J connectivity index is 1.58. The second-order valence-electron chi connectivity index (χ2n) is 7.17. The predicted octanol–water partition coefficient (Wildman–Crippen LogP) is 0.333. The summed E-state index contributed by atoms with van der Waals surface area (Å²) < 4.78 is 5.38. The molecule has 3 saturated heterocycles. The molecule has 3 fully saturated rings. The second kappa shape index (κ2) is 7.34. The van der Waals surface area contributed by atoms with Crippen molar-refractivity contribution in [1.29, 1.82) is 0 Å². The fourth-order valence-electron chi connectivity index (χ4n) is 4.22. The van der Waals surface area contributed by atoms with E-state index in [9.17, 15) is 9.59 Å². The number of benzene rings is 1. The number of rotatable bonds is 3. The van der Waals surface area contributed by atoms with Gasteiger partial charge in [-0.2, -0.15) is 0 Å². The van der Waals surface area contributed by atoms with Crippen molar-refractivity contribution < 1.29 is 14.3 Å². The van der Waals surface area contributed by atoms with Gasteiger partial charge in [0.15, 0.2) is 0 Å². The van der Waals surface area contributed by atoms with Gasteiger partial charge in [0, 0.05) is 26.2 Å². The minimum absolute atomic E-state index is 0.0547. The van der Waals surface area contributed by atoms with Crippen molar-refractivity contribution in [3.05, 3.63) is 30.3 Å². The Morgan fingerprint density at radius 1 is 1.19 bits per heavy atom. The highest BCUT2D eigenvalue weighted by atomic mass is 16.5. The second-order valence-corrected chi connectivity index (χ2v) is 7.17. The zero-order valence-electron chi connectivity index (χ0n) is 15.1. The summed E-state index contributed by atoms with van der Waals surface area (Å²) in [5.74, 6) is -0.223. The predicted molar refractivity (Wildman–Crippen MR) is 97.3 cm³/mol. The number of ether oxygens (including phenoxy) is 1. The smallest absolute Gasteiger partial charge is 0.247 e. The number of likely N-dealkylation sites (tertiary alicyclic amines) is 1. The van der Waals surface area contributed by atoms with Gasteiger partial charge < -0.3 is 14.5 Å². The number of hydrazine groups is 1. The Morgan fingerprint density at radius 2 is 1.92 bits per heavy atom. The number of hydrogen-bond acceptors (Lipinski definition) is 5. The van der Waals surface area contributed by atoms with Crippen molar-refractivity contribution >= 4 is 17.5 Å². The molecule has 0 radical (unpaired) electrons. The van der Waals surface area contributed by atoms with Crippen LogP contribution in [0.1, 0.15) is 6.92 Å². The SMILES string of the molecule is CCN1CC(C(=O)N2CCOCC2)C2NN(c3ccccc3)C(=O)C2C1. The fourth-order valence-corrected chi connectivity index (χ4v) is 4.22. The van der Waals surface area contributed by atoms with Gasteiger partial charge in [0.1, 0.15) is 0 Å². The summed E-state index contributed by atoms with van der Waals surface area (Å²) in [6, 6.07) is 9.45. The van der Waals surface area contributed by atoms with Crippen LogP contribution >= 0.6 is 0 Å². The molecule has 1 aromatic rings. The molecule has 0 aliphatic carbocycles. The van der Waals surface area contributed by atoms with Crippen LogP contribution in [0.5, 0.6) is 0 Å². The van der Waals surface area contributed by atoms with Gasteiger partial charge in [0.2, 0.25) is 11.8 Å². The van der Waals surface area contributed by atoms with Crippen LogP contribution in [-0.4, -0.2) is 73.6 Å². The fraction of sp³-hybridized carbons (Fsp3) is 0.579. The van der Waals surface area contributed by atoms with Gasteiger partial charge in [-0.05, 0) is 18.7 Å². The monoisotopic (exact) mass is 358 g/mol. The lowest BCUT2D eigenvalue weighted by Crippen LogP contribution is -2.58. The summed E-state index contributed by atoms with van der Waals surface area (Å²) in [4.78, 5) is 30.3. The van der Waals surface area contributed by atoms with Crippen LogP contribution in [-0.2, 0) is 14.3 Å². The van der Waals surface area contributed by atoms with E-state index in [0.717, 1.165) is 12.2 Å². The van der Waals surface area contributed by atoms with Crippen LogP contribution in [0.25, 0.3) is 0 Å². The van der Waals surface area contributed by atoms with Gasteiger partial charge in [0.05, 0.1) is 36.8 Å². The Labute approximate surface area is 153 Å². The van der Waals surface area contributed by atoms with Crippen molar-refractivity contribution in [2.45, 2.75) is 13.0 Å². The van der Waals surface area contributed by atoms with Crippen LogP contribution in [0.3, 0.4) is 0 Å². The minimum Gasteiger partial charge on any atom is -0.378 e. The third-order valence-electron chi connectivity index (χ3n) is 5.69. The topological polar surface area (TPSA) is 65.1 Å². The standard InChI is InChI=1S/C19H26N4O3/c1-2-21-12-15(18(24)22-8-10-26-11-9-22)17-16(13-21)19(25)23(20-17)14-6-4-3-5-7-14/h3-7,15-17,20H,2,8-13H2,1H3. The Morgan fingerprint density at radius 3 is 2.62 bits per heavy atom. The molecule has 26 heavy (non-hydrogen) atoms. The van der Waals surface area contributed by atoms with E-state index in [1.807, 2.05) is 35.2 Å². The first-order valence-corrected chi connectivity index (χ1v) is 9.43. The van der Waals surface area contributed by atoms with E-state index in [1.165, 1.54) is 0 Å². The van der Waals surface area contributed by atoms with E-state index in [-0.39, 0.29) is 29.7 Å². The Bertz CT molecular complexity index is 662. The summed E-state index contributed by atoms with van der Waals surface area (Å²) in [6.45, 7) is 6.76. The molecule has 3 heterocycles. The average molecular weight is 358 g/mol. The van der Waals surface area contributed by atoms with E-state index in [0.29, 0.717) is 39.4 Å². The van der Waals surface area contributed by atoms with Gasteiger partial charge in [-0.15, -0.1) is 0 Å². The summed E-state index contributed by atoms with van der Waals surface area (Å²) in [6.07, 6.45) is 0. The van der Waals surface area contributed by atoms with Crippen LogP contribution in [0.4, 0.5) is 5.69 Å². The van der Waals surface area contributed by atoms with Crippen LogP contribution < -0.4 is 10.4 Å². The zero-order chi connectivity index (χ0) is 18.1. The molecule has 0 saturated carbocycles. The van der Waals surface area contributed by atoms with E-state index in [2.05, 4.69) is 17.2 Å². The van der Waals surface area contributed by atoms with Crippen molar-refractivity contribution in [2.24, 2.45) is 11.8 Å². The van der Waals surface area contributed by atoms with Crippen LogP contribution in [0, 0.1) is 11.8 Å². The number of carbonyl (C=O) groups excluding carboxylic acids is 2. The summed E-state index contributed by atoms with van der Waals surface area (Å²) in [5.41, 5.74) is 4.18. The molecule has 7 nitrogen and oxygen atoms in total. The molecule has 140 valence electrons. The molecule has 3 atom stereocenters. The van der Waals surface area contributed by atoms with E-state index in [4.69, 9.17) is 4.74 Å². The molecular formula is C19H26N4O3. The number of fused-ring (bicyclic) bond motifs is 1. The van der Waals surface area contributed by atoms with Crippen LogP contribution in [0.2, 0.25) is 0 Å². The van der Waals surface area contributed by atoms with Crippen molar-refractivity contribution in [1.82, 2.24) is 15.2 Å². The quantitative estimate of drug-likeness (QED) is 0.844. The van der Waals surface area contributed by atoms with Gasteiger partial charge in [-0.1, -0.05) is 25.1 Å². The molecule has 7 heteroatoms. The summed E-state index contributed by atoms with van der Waals surface area (Å²) in [7, 11) is 0. The van der Waals surface area contributed by atoms with Crippen molar-refractivity contribution in [2.75, 3.05) is 50.9 Å². The molecule has 1 N–H and O–H groups in total. The van der Waals surface area contributed by atoms with Gasteiger partial charge in [-0.25, -0.2) is 10.4 Å². The maximum atomic E-state index is 13.2. The average Bonchev–Trinajstić information content (AvgIpc) is 3.04. The lowest BCUT2D eigenvalue weighted by molar-refractivity contribution is -0.143. The highest BCUT2D eigenvalue weighted by Crippen LogP contribution is 2.32. The largest absolute Gasteiger partial charge is 0.378 e. The molecule has 1 aromatic carbocycles. The van der Waals surface area contributed by atoms with Gasteiger partial charge in [0.25, 0.3) is 0 Å². The maximum Gasteiger partial charge on any atom is 0.247 e. The van der Waals surface area contributed by atoms with Gasteiger partial charge >= 0.3 is 0 Å². The minimum atomic E-state index is -0.218. The normalized spacial score (nSPS) is 29.7. The number of anilines is 1. The molecule has 0 spiro atoms.